The van der Waals surface area contributed by atoms with Crippen LogP contribution in [0.5, 0.6) is 0 Å². The van der Waals surface area contributed by atoms with Crippen LogP contribution in [-0.4, -0.2) is 11.6 Å². The van der Waals surface area contributed by atoms with E-state index in [1.807, 2.05) is 12.2 Å². The topological polar surface area (TPSA) is 34.1 Å². The molecule has 2 rings (SSSR count). The van der Waals surface area contributed by atoms with E-state index in [9.17, 15) is 9.59 Å². The molecular weight excluding hydrogens is 368 g/mol. The molecule has 2 heteroatoms. The van der Waals surface area contributed by atoms with Crippen molar-refractivity contribution in [3.05, 3.63) is 47.6 Å². The summed E-state index contributed by atoms with van der Waals surface area (Å²) in [6.07, 6.45) is 12.2. The first-order valence-corrected chi connectivity index (χ1v) is 11.5. The Balaban J connectivity index is 0.000000300. The monoisotopic (exact) mass is 412 g/mol. The van der Waals surface area contributed by atoms with Gasteiger partial charge in [0.25, 0.3) is 0 Å². The highest BCUT2D eigenvalue weighted by Gasteiger charge is 2.38. The highest BCUT2D eigenvalue weighted by atomic mass is 16.1. The molecular formula is C28H44O2. The van der Waals surface area contributed by atoms with Crippen molar-refractivity contribution in [3.63, 3.8) is 0 Å². The zero-order valence-corrected chi connectivity index (χ0v) is 20.9. The maximum atomic E-state index is 11.0. The molecule has 0 aliphatic heterocycles. The fourth-order valence-electron chi connectivity index (χ4n) is 4.68. The molecule has 168 valence electrons. The highest BCUT2D eigenvalue weighted by Crippen LogP contribution is 2.47. The number of allylic oxidation sites excluding steroid dienone is 7. The Labute approximate surface area is 185 Å². The van der Waals surface area contributed by atoms with Crippen molar-refractivity contribution in [2.24, 2.45) is 28.6 Å². The predicted molar refractivity (Wildman–Crippen MR) is 129 cm³/mol. The molecule has 1 fully saturated rings. The average molecular weight is 413 g/mol. The van der Waals surface area contributed by atoms with Crippen LogP contribution in [0, 0.1) is 28.6 Å². The minimum Gasteiger partial charge on any atom is -0.295 e. The molecule has 0 aromatic rings. The number of hydrogen-bond acceptors (Lipinski definition) is 2. The van der Waals surface area contributed by atoms with Crippen LogP contribution in [0.3, 0.4) is 0 Å². The summed E-state index contributed by atoms with van der Waals surface area (Å²) in [4.78, 5) is 21.9. The predicted octanol–water partition coefficient (Wildman–Crippen LogP) is 7.66. The maximum Gasteiger partial charge on any atom is 0.152 e. The van der Waals surface area contributed by atoms with Crippen LogP contribution in [-0.2, 0) is 9.59 Å². The van der Waals surface area contributed by atoms with Crippen LogP contribution in [0.1, 0.15) is 88.0 Å². The Morgan fingerprint density at radius 1 is 0.933 bits per heavy atom. The first-order chi connectivity index (χ1) is 13.7. The molecule has 0 saturated heterocycles. The van der Waals surface area contributed by atoms with Gasteiger partial charge < -0.3 is 0 Å². The minimum atomic E-state index is 0.122. The van der Waals surface area contributed by atoms with Crippen molar-refractivity contribution in [3.8, 4) is 0 Å². The van der Waals surface area contributed by atoms with Crippen molar-refractivity contribution in [2.45, 2.75) is 88.0 Å². The largest absolute Gasteiger partial charge is 0.295 e. The van der Waals surface area contributed by atoms with Crippen LogP contribution in [0.15, 0.2) is 47.6 Å². The third-order valence-corrected chi connectivity index (χ3v) is 7.76. The molecule has 0 aromatic carbocycles. The van der Waals surface area contributed by atoms with E-state index in [0.717, 1.165) is 6.42 Å². The zero-order valence-electron chi connectivity index (χ0n) is 20.9. The van der Waals surface area contributed by atoms with Gasteiger partial charge in [0.15, 0.2) is 11.6 Å². The van der Waals surface area contributed by atoms with Crippen molar-refractivity contribution in [1.82, 2.24) is 0 Å². The molecule has 2 aliphatic rings. The van der Waals surface area contributed by atoms with Gasteiger partial charge in [-0.15, -0.1) is 0 Å². The lowest BCUT2D eigenvalue weighted by Gasteiger charge is -2.44. The van der Waals surface area contributed by atoms with E-state index in [-0.39, 0.29) is 22.4 Å². The second-order valence-electron chi connectivity index (χ2n) is 10.7. The standard InChI is InChI=1S/2C14H22O/c2*1-10-6-7-11(2)14(4,5)13(10)9-8-12(3)15/h8-9,11H,6-7H2,1-5H3;8-9,11,13H,1,6-7H2,2-5H3/b2*9-8+. The molecule has 2 aliphatic carbocycles. The second kappa shape index (κ2) is 10.6. The molecule has 0 heterocycles. The third kappa shape index (κ3) is 6.65. The molecule has 0 N–H and O–H groups in total. The lowest BCUT2D eigenvalue weighted by Crippen LogP contribution is -2.35. The molecule has 1 saturated carbocycles. The van der Waals surface area contributed by atoms with Crippen LogP contribution < -0.4 is 0 Å². The van der Waals surface area contributed by atoms with E-state index < -0.39 is 0 Å². The van der Waals surface area contributed by atoms with Crippen LogP contribution in [0.2, 0.25) is 0 Å². The van der Waals surface area contributed by atoms with Crippen molar-refractivity contribution in [2.75, 3.05) is 0 Å². The van der Waals surface area contributed by atoms with Gasteiger partial charge in [-0.2, -0.15) is 0 Å². The first-order valence-electron chi connectivity index (χ1n) is 11.5. The van der Waals surface area contributed by atoms with E-state index in [2.05, 4.69) is 55.0 Å². The van der Waals surface area contributed by atoms with Gasteiger partial charge in [-0.05, 0) is 86.8 Å². The van der Waals surface area contributed by atoms with Gasteiger partial charge in [0, 0.05) is 5.92 Å². The Bertz CT molecular complexity index is 743. The van der Waals surface area contributed by atoms with Gasteiger partial charge in [0.1, 0.15) is 0 Å². The molecule has 30 heavy (non-hydrogen) atoms. The second-order valence-corrected chi connectivity index (χ2v) is 10.7. The summed E-state index contributed by atoms with van der Waals surface area (Å²) in [5.74, 6) is 1.98. The lowest BCUT2D eigenvalue weighted by atomic mass is 9.61. The highest BCUT2D eigenvalue weighted by molar-refractivity contribution is 5.88. The van der Waals surface area contributed by atoms with Gasteiger partial charge >= 0.3 is 0 Å². The summed E-state index contributed by atoms with van der Waals surface area (Å²) in [6.45, 7) is 23.2. The SMILES string of the molecule is C=C1CCC(C)C(C)(C)C1/C=C/C(C)=O.CC(=O)/C=C/C1=C(C)CCC(C)C1(C)C. The van der Waals surface area contributed by atoms with E-state index in [1.54, 1.807) is 26.0 Å². The normalized spacial score (nSPS) is 28.4. The van der Waals surface area contributed by atoms with Crippen LogP contribution in [0.25, 0.3) is 0 Å². The summed E-state index contributed by atoms with van der Waals surface area (Å²) in [5, 5.41) is 0. The number of rotatable bonds is 4. The molecule has 0 amide bonds. The van der Waals surface area contributed by atoms with Crippen LogP contribution in [0.4, 0.5) is 0 Å². The number of carbonyl (C=O) groups excluding carboxylic acids is 2. The first kappa shape index (κ1) is 26.3. The van der Waals surface area contributed by atoms with Crippen molar-refractivity contribution >= 4 is 11.6 Å². The summed E-state index contributed by atoms with van der Waals surface area (Å²) in [5.41, 5.74) is 4.50. The Kier molecular flexibility index (Phi) is 9.26. The van der Waals surface area contributed by atoms with Gasteiger partial charge in [0.05, 0.1) is 0 Å². The third-order valence-electron chi connectivity index (χ3n) is 7.76. The van der Waals surface area contributed by atoms with E-state index in [4.69, 9.17) is 0 Å². The van der Waals surface area contributed by atoms with Gasteiger partial charge in [-0.1, -0.05) is 71.4 Å². The van der Waals surface area contributed by atoms with Gasteiger partial charge in [0.2, 0.25) is 0 Å². The van der Waals surface area contributed by atoms with Gasteiger partial charge in [-0.25, -0.2) is 0 Å². The molecule has 0 aromatic heterocycles. The van der Waals surface area contributed by atoms with E-state index in [0.29, 0.717) is 17.8 Å². The lowest BCUT2D eigenvalue weighted by molar-refractivity contribution is -0.113. The Morgan fingerprint density at radius 2 is 1.47 bits per heavy atom. The minimum absolute atomic E-state index is 0.122. The molecule has 0 spiro atoms. The number of hydrogen-bond donors (Lipinski definition) is 0. The number of carbonyl (C=O) groups is 2. The Hall–Kier alpha value is -1.70. The van der Waals surface area contributed by atoms with Crippen LogP contribution >= 0.6 is 0 Å². The van der Waals surface area contributed by atoms with Crippen molar-refractivity contribution in [1.29, 1.82) is 0 Å². The molecule has 3 unspecified atom stereocenters. The van der Waals surface area contributed by atoms with Gasteiger partial charge in [-0.3, -0.25) is 9.59 Å². The molecule has 2 nitrogen and oxygen atoms in total. The number of ketones is 2. The summed E-state index contributed by atoms with van der Waals surface area (Å²) in [6, 6.07) is 0. The summed E-state index contributed by atoms with van der Waals surface area (Å²) < 4.78 is 0. The summed E-state index contributed by atoms with van der Waals surface area (Å²) >= 11 is 0. The fourth-order valence-corrected chi connectivity index (χ4v) is 4.68. The Morgan fingerprint density at radius 3 is 2.00 bits per heavy atom. The summed E-state index contributed by atoms with van der Waals surface area (Å²) in [7, 11) is 0. The fraction of sp³-hybridized carbons (Fsp3) is 0.643. The van der Waals surface area contributed by atoms with Crippen molar-refractivity contribution < 1.29 is 9.59 Å². The average Bonchev–Trinajstić information content (AvgIpc) is 2.61. The quantitative estimate of drug-likeness (QED) is 0.351. The zero-order chi connectivity index (χ0) is 23.3. The molecule has 3 atom stereocenters. The smallest absolute Gasteiger partial charge is 0.152 e. The molecule has 0 radical (unpaired) electrons. The van der Waals surface area contributed by atoms with E-state index in [1.165, 1.54) is 36.0 Å². The molecule has 0 bridgehead atoms. The van der Waals surface area contributed by atoms with E-state index >= 15 is 0 Å². The maximum absolute atomic E-state index is 11.0.